The summed E-state index contributed by atoms with van der Waals surface area (Å²) in [7, 11) is 0. The van der Waals surface area contributed by atoms with Crippen molar-refractivity contribution >= 4 is 22.9 Å². The van der Waals surface area contributed by atoms with Crippen molar-refractivity contribution in [2.45, 2.75) is 19.4 Å². The predicted octanol–water partition coefficient (Wildman–Crippen LogP) is 3.83. The first-order chi connectivity index (χ1) is 8.66. The van der Waals surface area contributed by atoms with Gasteiger partial charge in [0.05, 0.1) is 5.01 Å². The van der Waals surface area contributed by atoms with Gasteiger partial charge in [0, 0.05) is 41.2 Å². The Morgan fingerprint density at radius 3 is 3.06 bits per heavy atom. The second-order valence-corrected chi connectivity index (χ2v) is 5.50. The molecule has 1 unspecified atom stereocenters. The van der Waals surface area contributed by atoms with E-state index in [-0.39, 0.29) is 5.82 Å². The maximum atomic E-state index is 13.5. The van der Waals surface area contributed by atoms with Gasteiger partial charge in [-0.05, 0) is 18.2 Å². The molecule has 2 nitrogen and oxygen atoms in total. The minimum atomic E-state index is -0.228. The average molecular weight is 285 g/mol. The Morgan fingerprint density at radius 2 is 2.33 bits per heavy atom. The van der Waals surface area contributed by atoms with Crippen molar-refractivity contribution in [1.82, 2.24) is 10.3 Å². The minimum absolute atomic E-state index is 0.228. The zero-order valence-corrected chi connectivity index (χ0v) is 11.6. The third-order valence-corrected chi connectivity index (χ3v) is 3.89. The second-order valence-electron chi connectivity index (χ2n) is 4.14. The van der Waals surface area contributed by atoms with E-state index in [1.54, 1.807) is 29.7 Å². The van der Waals surface area contributed by atoms with Crippen molar-refractivity contribution in [3.63, 3.8) is 0 Å². The number of rotatable bonds is 5. The SMILES string of the molecule is CC(CNCc1cc(Cl)ccc1F)c1nccs1. The molecule has 96 valence electrons. The highest BCUT2D eigenvalue weighted by molar-refractivity contribution is 7.09. The van der Waals surface area contributed by atoms with E-state index in [1.807, 2.05) is 5.38 Å². The van der Waals surface area contributed by atoms with Crippen LogP contribution in [0.5, 0.6) is 0 Å². The average Bonchev–Trinajstić information content (AvgIpc) is 2.87. The molecule has 0 saturated carbocycles. The fourth-order valence-corrected chi connectivity index (χ4v) is 2.56. The Kier molecular flexibility index (Phi) is 4.69. The van der Waals surface area contributed by atoms with Crippen LogP contribution in [0, 0.1) is 5.82 Å². The van der Waals surface area contributed by atoms with Gasteiger partial charge in [-0.15, -0.1) is 11.3 Å². The number of hydrogen-bond acceptors (Lipinski definition) is 3. The van der Waals surface area contributed by atoms with Gasteiger partial charge in [0.15, 0.2) is 0 Å². The van der Waals surface area contributed by atoms with E-state index >= 15 is 0 Å². The summed E-state index contributed by atoms with van der Waals surface area (Å²) in [5.74, 6) is 0.0982. The first-order valence-corrected chi connectivity index (χ1v) is 6.96. The van der Waals surface area contributed by atoms with Crippen molar-refractivity contribution in [2.75, 3.05) is 6.54 Å². The minimum Gasteiger partial charge on any atom is -0.312 e. The lowest BCUT2D eigenvalue weighted by molar-refractivity contribution is 0.570. The molecule has 0 aliphatic heterocycles. The normalized spacial score (nSPS) is 12.6. The van der Waals surface area contributed by atoms with Crippen molar-refractivity contribution in [3.8, 4) is 0 Å². The van der Waals surface area contributed by atoms with Gasteiger partial charge < -0.3 is 5.32 Å². The predicted molar refractivity (Wildman–Crippen MR) is 73.6 cm³/mol. The largest absolute Gasteiger partial charge is 0.312 e. The summed E-state index contributed by atoms with van der Waals surface area (Å²) < 4.78 is 13.5. The first kappa shape index (κ1) is 13.5. The van der Waals surface area contributed by atoms with Crippen LogP contribution in [0.4, 0.5) is 4.39 Å². The third kappa shape index (κ3) is 3.51. The highest BCUT2D eigenvalue weighted by Gasteiger charge is 2.08. The molecule has 1 N–H and O–H groups in total. The molecule has 0 amide bonds. The Labute approximate surface area is 115 Å². The molecular formula is C13H14ClFN2S. The Bertz CT molecular complexity index is 502. The van der Waals surface area contributed by atoms with Gasteiger partial charge in [0.1, 0.15) is 5.82 Å². The first-order valence-electron chi connectivity index (χ1n) is 5.71. The molecule has 0 aliphatic carbocycles. The molecule has 1 atom stereocenters. The van der Waals surface area contributed by atoms with E-state index in [1.165, 1.54) is 6.07 Å². The number of aromatic nitrogens is 1. The van der Waals surface area contributed by atoms with E-state index in [0.717, 1.165) is 11.6 Å². The van der Waals surface area contributed by atoms with E-state index in [2.05, 4.69) is 17.2 Å². The molecule has 0 aliphatic rings. The fraction of sp³-hybridized carbons (Fsp3) is 0.308. The standard InChI is InChI=1S/C13H14ClFN2S/c1-9(13-17-4-5-18-13)7-16-8-10-6-11(14)2-3-12(10)15/h2-6,9,16H,7-8H2,1H3. The maximum Gasteiger partial charge on any atom is 0.127 e. The molecule has 0 spiro atoms. The van der Waals surface area contributed by atoms with Gasteiger partial charge in [-0.25, -0.2) is 9.37 Å². The summed E-state index contributed by atoms with van der Waals surface area (Å²) in [6, 6.07) is 4.60. The lowest BCUT2D eigenvalue weighted by atomic mass is 10.1. The summed E-state index contributed by atoms with van der Waals surface area (Å²) in [5.41, 5.74) is 0.592. The van der Waals surface area contributed by atoms with Crippen LogP contribution >= 0.6 is 22.9 Å². The van der Waals surface area contributed by atoms with Gasteiger partial charge in [-0.1, -0.05) is 18.5 Å². The highest BCUT2D eigenvalue weighted by atomic mass is 35.5. The molecule has 1 aromatic heterocycles. The summed E-state index contributed by atoms with van der Waals surface area (Å²) >= 11 is 7.47. The maximum absolute atomic E-state index is 13.5. The van der Waals surface area contributed by atoms with Crippen molar-refractivity contribution in [3.05, 3.63) is 51.2 Å². The van der Waals surface area contributed by atoms with Crippen LogP contribution < -0.4 is 5.32 Å². The summed E-state index contributed by atoms with van der Waals surface area (Å²) in [6.07, 6.45) is 1.80. The van der Waals surface area contributed by atoms with Crippen LogP contribution in [0.2, 0.25) is 5.02 Å². The lowest BCUT2D eigenvalue weighted by Gasteiger charge is -2.10. The number of benzene rings is 1. The van der Waals surface area contributed by atoms with Crippen LogP contribution in [0.1, 0.15) is 23.4 Å². The molecule has 1 aromatic carbocycles. The van der Waals surface area contributed by atoms with Crippen LogP contribution in [0.15, 0.2) is 29.8 Å². The second kappa shape index (κ2) is 6.27. The van der Waals surface area contributed by atoms with Gasteiger partial charge in [0.2, 0.25) is 0 Å². The Morgan fingerprint density at radius 1 is 1.50 bits per heavy atom. The summed E-state index contributed by atoms with van der Waals surface area (Å²) in [4.78, 5) is 4.26. The molecule has 5 heteroatoms. The van der Waals surface area contributed by atoms with Crippen LogP contribution in [-0.2, 0) is 6.54 Å². The lowest BCUT2D eigenvalue weighted by Crippen LogP contribution is -2.20. The molecule has 18 heavy (non-hydrogen) atoms. The Balaban J connectivity index is 1.87. The molecule has 0 radical (unpaired) electrons. The van der Waals surface area contributed by atoms with E-state index in [0.29, 0.717) is 23.0 Å². The number of thiazole rings is 1. The molecule has 2 aromatic rings. The molecule has 0 bridgehead atoms. The zero-order chi connectivity index (χ0) is 13.0. The van der Waals surface area contributed by atoms with Gasteiger partial charge in [0.25, 0.3) is 0 Å². The van der Waals surface area contributed by atoms with E-state index in [9.17, 15) is 4.39 Å². The van der Waals surface area contributed by atoms with Gasteiger partial charge >= 0.3 is 0 Å². The quantitative estimate of drug-likeness (QED) is 0.903. The molecule has 0 fully saturated rings. The van der Waals surface area contributed by atoms with E-state index in [4.69, 9.17) is 11.6 Å². The Hall–Kier alpha value is -0.970. The highest BCUT2D eigenvalue weighted by Crippen LogP contribution is 2.17. The number of nitrogens with one attached hydrogen (secondary N) is 1. The van der Waals surface area contributed by atoms with Crippen LogP contribution in [0.25, 0.3) is 0 Å². The molecular weight excluding hydrogens is 271 g/mol. The van der Waals surface area contributed by atoms with Gasteiger partial charge in [-0.3, -0.25) is 0 Å². The van der Waals surface area contributed by atoms with Crippen LogP contribution in [0.3, 0.4) is 0 Å². The fourth-order valence-electron chi connectivity index (χ4n) is 1.67. The number of nitrogens with zero attached hydrogens (tertiary/aromatic N) is 1. The van der Waals surface area contributed by atoms with Gasteiger partial charge in [-0.2, -0.15) is 0 Å². The smallest absolute Gasteiger partial charge is 0.127 e. The van der Waals surface area contributed by atoms with E-state index < -0.39 is 0 Å². The van der Waals surface area contributed by atoms with Crippen molar-refractivity contribution in [2.24, 2.45) is 0 Å². The topological polar surface area (TPSA) is 24.9 Å². The number of hydrogen-bond donors (Lipinski definition) is 1. The van der Waals surface area contributed by atoms with Crippen molar-refractivity contribution in [1.29, 1.82) is 0 Å². The van der Waals surface area contributed by atoms with Crippen LogP contribution in [-0.4, -0.2) is 11.5 Å². The molecule has 0 saturated heterocycles. The zero-order valence-electron chi connectivity index (χ0n) is 9.99. The monoisotopic (exact) mass is 284 g/mol. The van der Waals surface area contributed by atoms with Crippen molar-refractivity contribution < 1.29 is 4.39 Å². The number of halogens is 2. The third-order valence-electron chi connectivity index (χ3n) is 2.65. The molecule has 2 rings (SSSR count). The molecule has 1 heterocycles. The summed E-state index contributed by atoms with van der Waals surface area (Å²) in [5, 5.41) is 6.83. The summed E-state index contributed by atoms with van der Waals surface area (Å²) in [6.45, 7) is 3.34.